The van der Waals surface area contributed by atoms with Gasteiger partial charge in [0.05, 0.1) is 0 Å². The van der Waals surface area contributed by atoms with Crippen LogP contribution in [0.3, 0.4) is 0 Å². The quantitative estimate of drug-likeness (QED) is 0.468. The largest absolute Gasteiger partial charge is 0.252 e. The van der Waals surface area contributed by atoms with E-state index >= 15 is 0 Å². The van der Waals surface area contributed by atoms with Crippen LogP contribution < -0.4 is 0 Å². The molecule has 0 aliphatic carbocycles. The number of hydrogen-bond donors (Lipinski definition) is 0. The number of rotatable bonds is 4. The Morgan fingerprint density at radius 3 is 2.00 bits per heavy atom. The Morgan fingerprint density at radius 2 is 1.75 bits per heavy atom. The fourth-order valence-electron chi connectivity index (χ4n) is 0.447. The van der Waals surface area contributed by atoms with E-state index in [9.17, 15) is 0 Å². The fourth-order valence-corrected chi connectivity index (χ4v) is 0.447. The van der Waals surface area contributed by atoms with Crippen molar-refractivity contribution in [1.29, 1.82) is 0 Å². The molecule has 0 aromatic carbocycles. The van der Waals surface area contributed by atoms with Crippen LogP contribution in [0.4, 0.5) is 0 Å². The minimum absolute atomic E-state index is 0.293. The molecule has 0 fully saturated rings. The number of nitrogens with zero attached hydrogens (tertiary/aromatic N) is 3. The van der Waals surface area contributed by atoms with Gasteiger partial charge in [-0.1, -0.05) is 32.2 Å². The summed E-state index contributed by atoms with van der Waals surface area (Å²) >= 11 is 0. The first kappa shape index (κ1) is 13.5. The summed E-state index contributed by atoms with van der Waals surface area (Å²) in [5, 5.41) is 9.04. The summed E-state index contributed by atoms with van der Waals surface area (Å²) in [7, 11) is 0. The molecule has 0 saturated carbocycles. The summed E-state index contributed by atoms with van der Waals surface area (Å²) in [6.45, 7) is 15.0. The Bertz CT molecular complexity index is 139. The molecular formula is C9H19N3. The minimum atomic E-state index is 0.293. The predicted octanol–water partition coefficient (Wildman–Crippen LogP) is 3.38. The molecule has 0 unspecified atom stereocenters. The Morgan fingerprint density at radius 1 is 1.25 bits per heavy atom. The van der Waals surface area contributed by atoms with Crippen LogP contribution in [-0.4, -0.2) is 11.1 Å². The normalized spacial score (nSPS) is 9.08. The molecular weight excluding hydrogens is 150 g/mol. The number of hydrogen-bond acceptors (Lipinski definition) is 2. The summed E-state index contributed by atoms with van der Waals surface area (Å²) in [6.07, 6.45) is 3.01. The first-order valence-electron chi connectivity index (χ1n) is 4.15. The molecule has 0 radical (unpaired) electrons. The van der Waals surface area contributed by atoms with Crippen molar-refractivity contribution in [1.82, 2.24) is 5.01 Å². The van der Waals surface area contributed by atoms with Crippen molar-refractivity contribution in [3.05, 3.63) is 25.6 Å². The molecule has 0 N–H and O–H groups in total. The van der Waals surface area contributed by atoms with Gasteiger partial charge in [0.1, 0.15) is 0 Å². The van der Waals surface area contributed by atoms with Gasteiger partial charge in [0, 0.05) is 18.4 Å². The van der Waals surface area contributed by atoms with Gasteiger partial charge in [-0.25, -0.2) is 0 Å². The SMILES string of the molecule is C=CN=NN(C=C)C(C)C.CC. The summed E-state index contributed by atoms with van der Waals surface area (Å²) in [5.74, 6) is 0. The minimum Gasteiger partial charge on any atom is -0.252 e. The molecule has 0 aromatic rings. The zero-order valence-electron chi connectivity index (χ0n) is 8.49. The van der Waals surface area contributed by atoms with Gasteiger partial charge in [-0.3, -0.25) is 5.01 Å². The van der Waals surface area contributed by atoms with Crippen LogP contribution >= 0.6 is 0 Å². The van der Waals surface area contributed by atoms with Gasteiger partial charge in [0.2, 0.25) is 0 Å². The van der Waals surface area contributed by atoms with Gasteiger partial charge in [-0.2, -0.15) is 0 Å². The van der Waals surface area contributed by atoms with Crippen molar-refractivity contribution in [3.8, 4) is 0 Å². The van der Waals surface area contributed by atoms with Crippen molar-refractivity contribution in [2.75, 3.05) is 0 Å². The molecule has 3 heteroatoms. The van der Waals surface area contributed by atoms with E-state index in [0.717, 1.165) is 0 Å². The average Bonchev–Trinajstić information content (AvgIpc) is 2.09. The molecule has 0 amide bonds. The predicted molar refractivity (Wildman–Crippen MR) is 53.6 cm³/mol. The topological polar surface area (TPSA) is 28.0 Å². The van der Waals surface area contributed by atoms with Gasteiger partial charge in [0.25, 0.3) is 0 Å². The third-order valence-corrected chi connectivity index (χ3v) is 0.953. The highest BCUT2D eigenvalue weighted by molar-refractivity contribution is 4.70. The smallest absolute Gasteiger partial charge is 0.0479 e. The van der Waals surface area contributed by atoms with Crippen LogP contribution in [0.15, 0.2) is 35.9 Å². The van der Waals surface area contributed by atoms with Gasteiger partial charge in [-0.05, 0) is 13.8 Å². The van der Waals surface area contributed by atoms with Gasteiger partial charge in [-0.15, -0.1) is 5.11 Å². The second-order valence-electron chi connectivity index (χ2n) is 2.04. The van der Waals surface area contributed by atoms with Crippen molar-refractivity contribution < 1.29 is 0 Å². The first-order chi connectivity index (χ1) is 5.72. The molecule has 0 aliphatic rings. The van der Waals surface area contributed by atoms with E-state index in [2.05, 4.69) is 23.5 Å². The van der Waals surface area contributed by atoms with E-state index in [1.54, 1.807) is 11.2 Å². The Kier molecular flexibility index (Phi) is 11.1. The maximum absolute atomic E-state index is 3.78. The molecule has 0 atom stereocenters. The monoisotopic (exact) mass is 169 g/mol. The van der Waals surface area contributed by atoms with Crippen LogP contribution in [0.1, 0.15) is 27.7 Å². The van der Waals surface area contributed by atoms with Crippen LogP contribution in [0, 0.1) is 0 Å². The Balaban J connectivity index is 0. The second kappa shape index (κ2) is 9.88. The molecule has 0 rings (SSSR count). The molecule has 12 heavy (non-hydrogen) atoms. The Labute approximate surface area is 75.5 Å². The summed E-state index contributed by atoms with van der Waals surface area (Å²) < 4.78 is 0. The lowest BCUT2D eigenvalue weighted by atomic mass is 10.4. The van der Waals surface area contributed by atoms with Crippen molar-refractivity contribution in [3.63, 3.8) is 0 Å². The highest BCUT2D eigenvalue weighted by Crippen LogP contribution is 1.98. The fraction of sp³-hybridized carbons (Fsp3) is 0.556. The van der Waals surface area contributed by atoms with Crippen molar-refractivity contribution in [2.45, 2.75) is 33.7 Å². The molecule has 70 valence electrons. The molecule has 0 aromatic heterocycles. The first-order valence-corrected chi connectivity index (χ1v) is 4.15. The molecule has 3 nitrogen and oxygen atoms in total. The van der Waals surface area contributed by atoms with Crippen LogP contribution in [0.5, 0.6) is 0 Å². The lowest BCUT2D eigenvalue weighted by Gasteiger charge is -2.15. The second-order valence-corrected chi connectivity index (χ2v) is 2.04. The molecule has 0 aliphatic heterocycles. The van der Waals surface area contributed by atoms with Crippen LogP contribution in [0.2, 0.25) is 0 Å². The lowest BCUT2D eigenvalue weighted by molar-refractivity contribution is 0.308. The lowest BCUT2D eigenvalue weighted by Crippen LogP contribution is -2.17. The van der Waals surface area contributed by atoms with Gasteiger partial charge < -0.3 is 0 Å². The zero-order valence-corrected chi connectivity index (χ0v) is 8.49. The van der Waals surface area contributed by atoms with E-state index in [-0.39, 0.29) is 0 Å². The standard InChI is InChI=1S/C7H13N3.C2H6/c1-5-8-9-10(6-2)7(3)4;1-2/h5-7H,1-2H2,3-4H3;1-2H3. The molecule has 0 saturated heterocycles. The van der Waals surface area contributed by atoms with Gasteiger partial charge >= 0.3 is 0 Å². The summed E-state index contributed by atoms with van der Waals surface area (Å²) in [4.78, 5) is 0. The maximum Gasteiger partial charge on any atom is 0.0479 e. The van der Waals surface area contributed by atoms with E-state index in [0.29, 0.717) is 6.04 Å². The van der Waals surface area contributed by atoms with Crippen molar-refractivity contribution >= 4 is 0 Å². The van der Waals surface area contributed by atoms with E-state index in [4.69, 9.17) is 0 Å². The third-order valence-electron chi connectivity index (χ3n) is 0.953. The van der Waals surface area contributed by atoms with Crippen molar-refractivity contribution in [2.24, 2.45) is 10.3 Å². The summed E-state index contributed by atoms with van der Waals surface area (Å²) in [5.41, 5.74) is 0. The highest BCUT2D eigenvalue weighted by atomic mass is 15.5. The van der Waals surface area contributed by atoms with E-state index < -0.39 is 0 Å². The van der Waals surface area contributed by atoms with Gasteiger partial charge in [0.15, 0.2) is 0 Å². The molecule has 0 spiro atoms. The Hall–Kier alpha value is -1.12. The van der Waals surface area contributed by atoms with Crippen LogP contribution in [0.25, 0.3) is 0 Å². The van der Waals surface area contributed by atoms with E-state index in [1.807, 2.05) is 27.7 Å². The average molecular weight is 169 g/mol. The third kappa shape index (κ3) is 6.99. The maximum atomic E-state index is 3.78. The molecule has 0 heterocycles. The summed E-state index contributed by atoms with van der Waals surface area (Å²) in [6, 6.07) is 0.293. The zero-order chi connectivity index (χ0) is 9.98. The molecule has 0 bridgehead atoms. The van der Waals surface area contributed by atoms with Crippen LogP contribution in [-0.2, 0) is 0 Å². The van der Waals surface area contributed by atoms with E-state index in [1.165, 1.54) is 6.20 Å². The highest BCUT2D eigenvalue weighted by Gasteiger charge is 1.98.